The first kappa shape index (κ1) is 17.0. The van der Waals surface area contributed by atoms with Crippen LogP contribution in [0.2, 0.25) is 5.02 Å². The van der Waals surface area contributed by atoms with Crippen molar-refractivity contribution in [2.75, 3.05) is 7.11 Å². The molecular formula is C17H17ClN4O3. The second-order valence-electron chi connectivity index (χ2n) is 5.46. The van der Waals surface area contributed by atoms with Crippen LogP contribution in [-0.4, -0.2) is 26.9 Å². The lowest BCUT2D eigenvalue weighted by Crippen LogP contribution is -2.15. The molecule has 0 aliphatic carbocycles. The molecule has 3 aromatic rings. The largest absolute Gasteiger partial charge is 0.485 e. The molecule has 2 heterocycles. The van der Waals surface area contributed by atoms with Crippen LogP contribution in [0.3, 0.4) is 0 Å². The number of methoxy groups -OCH3 is 1. The SMILES string of the molecule is COc1cccc(-c2cc(Cl)c(C)cc2OCc2n[nH]c(=O)n2C)n1. The lowest BCUT2D eigenvalue weighted by Gasteiger charge is -2.13. The number of nitrogens with one attached hydrogen (secondary N) is 1. The van der Waals surface area contributed by atoms with E-state index in [4.69, 9.17) is 21.1 Å². The Kier molecular flexibility index (Phi) is 4.76. The van der Waals surface area contributed by atoms with E-state index in [1.807, 2.05) is 25.1 Å². The zero-order chi connectivity index (χ0) is 18.0. The average molecular weight is 361 g/mol. The molecule has 0 aliphatic rings. The Hall–Kier alpha value is -2.80. The molecule has 0 spiro atoms. The average Bonchev–Trinajstić information content (AvgIpc) is 2.94. The molecule has 0 bridgehead atoms. The van der Waals surface area contributed by atoms with Gasteiger partial charge in [0.2, 0.25) is 5.88 Å². The third-order valence-electron chi connectivity index (χ3n) is 3.80. The van der Waals surface area contributed by atoms with Crippen molar-refractivity contribution in [1.82, 2.24) is 19.7 Å². The van der Waals surface area contributed by atoms with Crippen LogP contribution in [0.5, 0.6) is 11.6 Å². The van der Waals surface area contributed by atoms with Gasteiger partial charge in [-0.05, 0) is 30.7 Å². The number of aryl methyl sites for hydroxylation is 1. The Morgan fingerprint density at radius 2 is 2.12 bits per heavy atom. The van der Waals surface area contributed by atoms with E-state index in [2.05, 4.69) is 15.2 Å². The second kappa shape index (κ2) is 6.98. The molecule has 25 heavy (non-hydrogen) atoms. The maximum absolute atomic E-state index is 11.5. The number of pyridine rings is 1. The van der Waals surface area contributed by atoms with Crippen LogP contribution in [0.1, 0.15) is 11.4 Å². The standard InChI is InChI=1S/C17H17ClN4O3/c1-10-7-14(25-9-15-20-21-17(23)22(15)2)11(8-12(10)18)13-5-4-6-16(19-13)24-3/h4-8H,9H2,1-3H3,(H,21,23). The van der Waals surface area contributed by atoms with E-state index in [-0.39, 0.29) is 12.3 Å². The third kappa shape index (κ3) is 3.51. The Labute approximate surface area is 149 Å². The van der Waals surface area contributed by atoms with E-state index < -0.39 is 0 Å². The van der Waals surface area contributed by atoms with Crippen molar-refractivity contribution < 1.29 is 9.47 Å². The van der Waals surface area contributed by atoms with Gasteiger partial charge in [0.15, 0.2) is 5.82 Å². The molecule has 0 amide bonds. The highest BCUT2D eigenvalue weighted by atomic mass is 35.5. The van der Waals surface area contributed by atoms with Gasteiger partial charge in [-0.15, -0.1) is 0 Å². The van der Waals surface area contributed by atoms with Crippen molar-refractivity contribution in [3.8, 4) is 22.9 Å². The van der Waals surface area contributed by atoms with E-state index >= 15 is 0 Å². The summed E-state index contributed by atoms with van der Waals surface area (Å²) in [4.78, 5) is 15.9. The molecule has 0 saturated heterocycles. The second-order valence-corrected chi connectivity index (χ2v) is 5.86. The monoisotopic (exact) mass is 360 g/mol. The van der Waals surface area contributed by atoms with E-state index in [0.717, 1.165) is 11.1 Å². The Morgan fingerprint density at radius 1 is 1.32 bits per heavy atom. The van der Waals surface area contributed by atoms with Crippen LogP contribution < -0.4 is 15.2 Å². The fourth-order valence-corrected chi connectivity index (χ4v) is 2.47. The van der Waals surface area contributed by atoms with Crippen molar-refractivity contribution in [3.63, 3.8) is 0 Å². The van der Waals surface area contributed by atoms with Gasteiger partial charge in [0, 0.05) is 23.7 Å². The highest BCUT2D eigenvalue weighted by molar-refractivity contribution is 6.31. The number of hydrogen-bond donors (Lipinski definition) is 1. The van der Waals surface area contributed by atoms with Gasteiger partial charge in [-0.1, -0.05) is 17.7 Å². The molecule has 1 aromatic carbocycles. The number of ether oxygens (including phenoxy) is 2. The molecule has 2 aromatic heterocycles. The fraction of sp³-hybridized carbons (Fsp3) is 0.235. The highest BCUT2D eigenvalue weighted by Crippen LogP contribution is 2.35. The van der Waals surface area contributed by atoms with Crippen molar-refractivity contribution in [2.24, 2.45) is 7.05 Å². The molecule has 3 rings (SSSR count). The lowest BCUT2D eigenvalue weighted by molar-refractivity contribution is 0.292. The molecule has 8 heteroatoms. The highest BCUT2D eigenvalue weighted by Gasteiger charge is 2.14. The Balaban J connectivity index is 1.98. The first-order chi connectivity index (χ1) is 12.0. The Bertz CT molecular complexity index is 965. The van der Waals surface area contributed by atoms with Gasteiger partial charge in [0.25, 0.3) is 0 Å². The molecule has 1 N–H and O–H groups in total. The van der Waals surface area contributed by atoms with Crippen LogP contribution in [0.4, 0.5) is 0 Å². The van der Waals surface area contributed by atoms with E-state index in [1.165, 1.54) is 4.57 Å². The van der Waals surface area contributed by atoms with Gasteiger partial charge in [-0.2, -0.15) is 5.10 Å². The van der Waals surface area contributed by atoms with Crippen molar-refractivity contribution in [2.45, 2.75) is 13.5 Å². The lowest BCUT2D eigenvalue weighted by atomic mass is 10.1. The number of halogens is 1. The van der Waals surface area contributed by atoms with Gasteiger partial charge in [0.1, 0.15) is 12.4 Å². The zero-order valence-electron chi connectivity index (χ0n) is 14.0. The van der Waals surface area contributed by atoms with Crippen LogP contribution >= 0.6 is 11.6 Å². The third-order valence-corrected chi connectivity index (χ3v) is 4.21. The summed E-state index contributed by atoms with van der Waals surface area (Å²) in [6.45, 7) is 2.02. The molecule has 0 aliphatic heterocycles. The van der Waals surface area contributed by atoms with Crippen LogP contribution in [-0.2, 0) is 13.7 Å². The predicted molar refractivity (Wildman–Crippen MR) is 94.1 cm³/mol. The molecule has 0 unspecified atom stereocenters. The number of nitrogens with zero attached hydrogens (tertiary/aromatic N) is 3. The number of benzene rings is 1. The topological polar surface area (TPSA) is 82.0 Å². The van der Waals surface area contributed by atoms with E-state index in [1.54, 1.807) is 26.3 Å². The summed E-state index contributed by atoms with van der Waals surface area (Å²) in [5, 5.41) is 6.93. The van der Waals surface area contributed by atoms with Gasteiger partial charge >= 0.3 is 5.69 Å². The summed E-state index contributed by atoms with van der Waals surface area (Å²) in [6, 6.07) is 9.09. The number of hydrogen-bond acceptors (Lipinski definition) is 5. The van der Waals surface area contributed by atoms with Gasteiger partial charge in [0.05, 0.1) is 12.8 Å². The summed E-state index contributed by atoms with van der Waals surface area (Å²) in [6.07, 6.45) is 0. The summed E-state index contributed by atoms with van der Waals surface area (Å²) in [5.74, 6) is 1.58. The summed E-state index contributed by atoms with van der Waals surface area (Å²) in [5.41, 5.74) is 1.99. The van der Waals surface area contributed by atoms with Gasteiger partial charge in [-0.25, -0.2) is 14.9 Å². The van der Waals surface area contributed by atoms with Crippen LogP contribution in [0.25, 0.3) is 11.3 Å². The molecule has 130 valence electrons. The van der Waals surface area contributed by atoms with E-state index in [9.17, 15) is 4.79 Å². The van der Waals surface area contributed by atoms with Crippen LogP contribution in [0, 0.1) is 6.92 Å². The van der Waals surface area contributed by atoms with Crippen LogP contribution in [0.15, 0.2) is 35.1 Å². The van der Waals surface area contributed by atoms with Crippen molar-refractivity contribution in [3.05, 3.63) is 57.2 Å². The van der Waals surface area contributed by atoms with Gasteiger partial charge in [-0.3, -0.25) is 4.57 Å². The maximum Gasteiger partial charge on any atom is 0.343 e. The maximum atomic E-state index is 11.5. The van der Waals surface area contributed by atoms with E-state index in [0.29, 0.717) is 28.2 Å². The molecule has 0 atom stereocenters. The number of aromatic nitrogens is 4. The number of H-pyrrole nitrogens is 1. The first-order valence-electron chi connectivity index (χ1n) is 7.54. The smallest absolute Gasteiger partial charge is 0.343 e. The molecule has 0 fully saturated rings. The number of aromatic amines is 1. The summed E-state index contributed by atoms with van der Waals surface area (Å²) < 4.78 is 12.5. The number of rotatable bonds is 5. The first-order valence-corrected chi connectivity index (χ1v) is 7.92. The van der Waals surface area contributed by atoms with Gasteiger partial charge < -0.3 is 9.47 Å². The predicted octanol–water partition coefficient (Wildman–Crippen LogP) is 2.72. The molecular weight excluding hydrogens is 344 g/mol. The minimum atomic E-state index is -0.291. The minimum Gasteiger partial charge on any atom is -0.485 e. The zero-order valence-corrected chi connectivity index (χ0v) is 14.8. The van der Waals surface area contributed by atoms with Crippen molar-refractivity contribution >= 4 is 11.6 Å². The molecule has 7 nitrogen and oxygen atoms in total. The minimum absolute atomic E-state index is 0.132. The molecule has 0 radical (unpaired) electrons. The normalized spacial score (nSPS) is 10.7. The van der Waals surface area contributed by atoms with Crippen molar-refractivity contribution in [1.29, 1.82) is 0 Å². The Morgan fingerprint density at radius 3 is 2.80 bits per heavy atom. The fourth-order valence-electron chi connectivity index (χ4n) is 2.30. The molecule has 0 saturated carbocycles. The quantitative estimate of drug-likeness (QED) is 0.756. The summed E-state index contributed by atoms with van der Waals surface area (Å²) in [7, 11) is 3.19. The summed E-state index contributed by atoms with van der Waals surface area (Å²) >= 11 is 6.28.